The lowest BCUT2D eigenvalue weighted by atomic mass is 10.1. The van der Waals surface area contributed by atoms with Gasteiger partial charge in [0.1, 0.15) is 0 Å². The summed E-state index contributed by atoms with van der Waals surface area (Å²) in [7, 11) is 1.32. The Balaban J connectivity index is 2.14. The van der Waals surface area contributed by atoms with Crippen LogP contribution < -0.4 is 4.74 Å². The highest BCUT2D eigenvalue weighted by Crippen LogP contribution is 2.22. The molecule has 1 N–H and O–H groups in total. The number of rotatable bonds is 4. The maximum absolute atomic E-state index is 14.1. The number of amides is 1. The second-order valence-corrected chi connectivity index (χ2v) is 4.66. The van der Waals surface area contributed by atoms with Crippen LogP contribution in [-0.4, -0.2) is 54.8 Å². The third-order valence-corrected chi connectivity index (χ3v) is 3.24. The highest BCUT2D eigenvalue weighted by atomic mass is 19.1. The van der Waals surface area contributed by atoms with Crippen LogP contribution in [0.5, 0.6) is 5.75 Å². The summed E-state index contributed by atoms with van der Waals surface area (Å²) < 4.78 is 24.2. The van der Waals surface area contributed by atoms with Crippen molar-refractivity contribution in [3.63, 3.8) is 0 Å². The number of carboxylic acid groups (broad SMARTS) is 1. The minimum atomic E-state index is -0.998. The summed E-state index contributed by atoms with van der Waals surface area (Å²) in [5.74, 6) is -2.21. The van der Waals surface area contributed by atoms with Gasteiger partial charge in [-0.3, -0.25) is 9.59 Å². The van der Waals surface area contributed by atoms with Crippen molar-refractivity contribution >= 4 is 11.9 Å². The first-order valence-electron chi connectivity index (χ1n) is 6.48. The zero-order chi connectivity index (χ0) is 15.4. The van der Waals surface area contributed by atoms with Crippen LogP contribution in [0.3, 0.4) is 0 Å². The molecule has 1 unspecified atom stereocenters. The summed E-state index contributed by atoms with van der Waals surface area (Å²) >= 11 is 0. The average Bonchev–Trinajstić information content (AvgIpc) is 2.46. The summed E-state index contributed by atoms with van der Waals surface area (Å²) in [4.78, 5) is 24.4. The van der Waals surface area contributed by atoms with Crippen LogP contribution in [0.15, 0.2) is 18.2 Å². The van der Waals surface area contributed by atoms with E-state index < -0.39 is 23.8 Å². The number of hydrogen-bond donors (Lipinski definition) is 1. The Labute approximate surface area is 121 Å². The molecule has 1 aliphatic heterocycles. The molecular formula is C14H16FNO5. The topological polar surface area (TPSA) is 76.1 Å². The molecule has 1 aliphatic rings. The van der Waals surface area contributed by atoms with E-state index >= 15 is 0 Å². The van der Waals surface area contributed by atoms with Gasteiger partial charge in [-0.15, -0.1) is 0 Å². The van der Waals surface area contributed by atoms with Crippen LogP contribution >= 0.6 is 0 Å². The van der Waals surface area contributed by atoms with Crippen LogP contribution in [0.2, 0.25) is 0 Å². The van der Waals surface area contributed by atoms with E-state index in [1.165, 1.54) is 30.2 Å². The third kappa shape index (κ3) is 3.49. The Hall–Kier alpha value is -2.15. The number of hydrogen-bond acceptors (Lipinski definition) is 4. The van der Waals surface area contributed by atoms with Crippen molar-refractivity contribution in [3.8, 4) is 5.75 Å². The Morgan fingerprint density at radius 2 is 2.29 bits per heavy atom. The molecule has 114 valence electrons. The second-order valence-electron chi connectivity index (χ2n) is 4.66. The molecule has 1 saturated heterocycles. The largest absolute Gasteiger partial charge is 0.494 e. The fourth-order valence-electron chi connectivity index (χ4n) is 2.23. The molecule has 0 bridgehead atoms. The third-order valence-electron chi connectivity index (χ3n) is 3.24. The number of halogens is 1. The molecule has 0 radical (unpaired) electrons. The number of ether oxygens (including phenoxy) is 2. The first-order chi connectivity index (χ1) is 10.0. The van der Waals surface area contributed by atoms with E-state index in [0.29, 0.717) is 6.54 Å². The SMILES string of the molecule is COc1cccc(C(=O)N2CCOC(CC(=O)O)C2)c1F. The van der Waals surface area contributed by atoms with E-state index in [0.717, 1.165) is 0 Å². The lowest BCUT2D eigenvalue weighted by Gasteiger charge is -2.32. The molecule has 21 heavy (non-hydrogen) atoms. The predicted octanol–water partition coefficient (Wildman–Crippen LogP) is 1.15. The van der Waals surface area contributed by atoms with Gasteiger partial charge in [-0.2, -0.15) is 0 Å². The maximum atomic E-state index is 14.1. The van der Waals surface area contributed by atoms with Gasteiger partial charge >= 0.3 is 5.97 Å². The summed E-state index contributed by atoms with van der Waals surface area (Å²) in [6, 6.07) is 4.34. The molecular weight excluding hydrogens is 281 g/mol. The van der Waals surface area contributed by atoms with Gasteiger partial charge in [0.25, 0.3) is 5.91 Å². The smallest absolute Gasteiger partial charge is 0.306 e. The van der Waals surface area contributed by atoms with E-state index in [4.69, 9.17) is 14.6 Å². The van der Waals surface area contributed by atoms with Crippen molar-refractivity contribution in [1.29, 1.82) is 0 Å². The van der Waals surface area contributed by atoms with Gasteiger partial charge < -0.3 is 19.5 Å². The van der Waals surface area contributed by atoms with Gasteiger partial charge in [0.05, 0.1) is 31.8 Å². The summed E-state index contributed by atoms with van der Waals surface area (Å²) in [5, 5.41) is 8.76. The highest BCUT2D eigenvalue weighted by Gasteiger charge is 2.28. The molecule has 1 heterocycles. The first kappa shape index (κ1) is 15.2. The fourth-order valence-corrected chi connectivity index (χ4v) is 2.23. The molecule has 1 aromatic carbocycles. The Morgan fingerprint density at radius 1 is 1.52 bits per heavy atom. The molecule has 0 aliphatic carbocycles. The minimum absolute atomic E-state index is 0.00352. The van der Waals surface area contributed by atoms with Crippen molar-refractivity contribution < 1.29 is 28.6 Å². The first-order valence-corrected chi connectivity index (χ1v) is 6.48. The summed E-state index contributed by atoms with van der Waals surface area (Å²) in [5.41, 5.74) is -0.0923. The Kier molecular flexibility index (Phi) is 4.74. The van der Waals surface area contributed by atoms with Crippen LogP contribution in [0.25, 0.3) is 0 Å². The molecule has 7 heteroatoms. The molecule has 0 aromatic heterocycles. The summed E-state index contributed by atoms with van der Waals surface area (Å²) in [6.07, 6.45) is -0.765. The number of aliphatic carboxylic acids is 1. The molecule has 6 nitrogen and oxygen atoms in total. The van der Waals surface area contributed by atoms with Crippen molar-refractivity contribution in [2.75, 3.05) is 26.8 Å². The molecule has 1 aromatic rings. The van der Waals surface area contributed by atoms with Gasteiger partial charge in [0.2, 0.25) is 0 Å². The quantitative estimate of drug-likeness (QED) is 0.902. The van der Waals surface area contributed by atoms with Gasteiger partial charge in [0.15, 0.2) is 11.6 Å². The van der Waals surface area contributed by atoms with Gasteiger partial charge in [0, 0.05) is 13.1 Å². The number of carboxylic acids is 1. The van der Waals surface area contributed by atoms with Crippen molar-refractivity contribution in [1.82, 2.24) is 4.90 Å². The van der Waals surface area contributed by atoms with Crippen molar-refractivity contribution in [3.05, 3.63) is 29.6 Å². The normalized spacial score (nSPS) is 18.4. The number of carbonyl (C=O) groups is 2. The number of nitrogens with zero attached hydrogens (tertiary/aromatic N) is 1. The number of carbonyl (C=O) groups excluding carboxylic acids is 1. The lowest BCUT2D eigenvalue weighted by molar-refractivity contribution is -0.141. The fraction of sp³-hybridized carbons (Fsp3) is 0.429. The van der Waals surface area contributed by atoms with E-state index in [1.807, 2.05) is 0 Å². The van der Waals surface area contributed by atoms with E-state index in [1.54, 1.807) is 0 Å². The van der Waals surface area contributed by atoms with Crippen LogP contribution in [-0.2, 0) is 9.53 Å². The molecule has 0 spiro atoms. The maximum Gasteiger partial charge on any atom is 0.306 e. The van der Waals surface area contributed by atoms with E-state index in [-0.39, 0.29) is 30.9 Å². The molecule has 1 amide bonds. The predicted molar refractivity (Wildman–Crippen MR) is 70.8 cm³/mol. The standard InChI is InChI=1S/C14H16FNO5/c1-20-11-4-2-3-10(13(11)15)14(19)16-5-6-21-9(8-16)7-12(17)18/h2-4,9H,5-8H2,1H3,(H,17,18). The highest BCUT2D eigenvalue weighted by molar-refractivity contribution is 5.95. The molecule has 1 atom stereocenters. The van der Waals surface area contributed by atoms with Gasteiger partial charge in [-0.1, -0.05) is 6.07 Å². The zero-order valence-corrected chi connectivity index (χ0v) is 11.5. The zero-order valence-electron chi connectivity index (χ0n) is 11.5. The summed E-state index contributed by atoms with van der Waals surface area (Å²) in [6.45, 7) is 0.655. The Bertz CT molecular complexity index is 548. The van der Waals surface area contributed by atoms with Gasteiger partial charge in [-0.05, 0) is 12.1 Å². The average molecular weight is 297 g/mol. The van der Waals surface area contributed by atoms with Crippen LogP contribution in [0, 0.1) is 5.82 Å². The van der Waals surface area contributed by atoms with Crippen molar-refractivity contribution in [2.45, 2.75) is 12.5 Å². The van der Waals surface area contributed by atoms with Crippen molar-refractivity contribution in [2.24, 2.45) is 0 Å². The van der Waals surface area contributed by atoms with Crippen LogP contribution in [0.4, 0.5) is 4.39 Å². The molecule has 0 saturated carbocycles. The lowest BCUT2D eigenvalue weighted by Crippen LogP contribution is -2.46. The van der Waals surface area contributed by atoms with Gasteiger partial charge in [-0.25, -0.2) is 4.39 Å². The number of methoxy groups -OCH3 is 1. The molecule has 2 rings (SSSR count). The van der Waals surface area contributed by atoms with E-state index in [2.05, 4.69) is 0 Å². The second kappa shape index (κ2) is 6.53. The molecule has 1 fully saturated rings. The number of benzene rings is 1. The number of morpholine rings is 1. The monoisotopic (exact) mass is 297 g/mol. The van der Waals surface area contributed by atoms with Crippen LogP contribution in [0.1, 0.15) is 16.8 Å². The van der Waals surface area contributed by atoms with E-state index in [9.17, 15) is 14.0 Å². The Morgan fingerprint density at radius 3 is 2.95 bits per heavy atom. The minimum Gasteiger partial charge on any atom is -0.494 e.